The van der Waals surface area contributed by atoms with Crippen molar-refractivity contribution in [2.75, 3.05) is 19.2 Å². The smallest absolute Gasteiger partial charge is 0.280 e. The fourth-order valence-electron chi connectivity index (χ4n) is 3.17. The van der Waals surface area contributed by atoms with E-state index < -0.39 is 0 Å². The van der Waals surface area contributed by atoms with Gasteiger partial charge in [-0.15, -0.1) is 0 Å². The lowest BCUT2D eigenvalue weighted by atomic mass is 10.2. The summed E-state index contributed by atoms with van der Waals surface area (Å²) in [7, 11) is 3.09. The molecule has 1 heterocycles. The maximum absolute atomic E-state index is 13.5. The number of hydrazone groups is 1. The topological polar surface area (TPSA) is 64.0 Å². The molecular weight excluding hydrogens is 422 g/mol. The largest absolute Gasteiger partial charge is 0.493 e. The number of ether oxygens (including phenoxy) is 2. The van der Waals surface area contributed by atoms with Gasteiger partial charge in [-0.25, -0.2) is 4.98 Å². The molecular formula is C25H23N3O3S. The molecule has 0 saturated carbocycles. The lowest BCUT2D eigenvalue weighted by molar-refractivity contribution is 0.0987. The zero-order valence-corrected chi connectivity index (χ0v) is 19.1. The molecule has 0 fully saturated rings. The van der Waals surface area contributed by atoms with Crippen molar-refractivity contribution in [3.63, 3.8) is 0 Å². The molecule has 0 aliphatic carbocycles. The van der Waals surface area contributed by atoms with Crippen molar-refractivity contribution >= 4 is 38.8 Å². The Hall–Kier alpha value is -3.71. The van der Waals surface area contributed by atoms with Crippen molar-refractivity contribution < 1.29 is 14.3 Å². The molecule has 7 heteroatoms. The second-order valence-corrected chi connectivity index (χ2v) is 8.32. The van der Waals surface area contributed by atoms with Gasteiger partial charge in [-0.05, 0) is 55.3 Å². The molecule has 0 bridgehead atoms. The Morgan fingerprint density at radius 3 is 2.38 bits per heavy atom. The minimum Gasteiger partial charge on any atom is -0.493 e. The molecule has 4 aromatic rings. The van der Waals surface area contributed by atoms with Gasteiger partial charge >= 0.3 is 0 Å². The number of hydrogen-bond donors (Lipinski definition) is 0. The number of aryl methyl sites for hydroxylation is 2. The van der Waals surface area contributed by atoms with E-state index in [0.29, 0.717) is 22.2 Å². The first-order chi connectivity index (χ1) is 15.5. The van der Waals surface area contributed by atoms with Gasteiger partial charge in [-0.2, -0.15) is 10.1 Å². The van der Waals surface area contributed by atoms with Crippen LogP contribution < -0.4 is 14.5 Å². The number of methoxy groups -OCH3 is 2. The predicted octanol–water partition coefficient (Wildman–Crippen LogP) is 5.61. The Kier molecular flexibility index (Phi) is 6.18. The lowest BCUT2D eigenvalue weighted by Crippen LogP contribution is -2.25. The number of nitrogens with zero attached hydrogens (tertiary/aromatic N) is 3. The molecule has 0 N–H and O–H groups in total. The van der Waals surface area contributed by atoms with Crippen LogP contribution in [-0.2, 0) is 0 Å². The number of rotatable bonds is 6. The van der Waals surface area contributed by atoms with Crippen molar-refractivity contribution in [3.05, 3.63) is 82.9 Å². The monoisotopic (exact) mass is 445 g/mol. The summed E-state index contributed by atoms with van der Waals surface area (Å²) < 4.78 is 11.7. The van der Waals surface area contributed by atoms with E-state index in [0.717, 1.165) is 26.9 Å². The quantitative estimate of drug-likeness (QED) is 0.286. The molecule has 0 unspecified atom stereocenters. The first kappa shape index (κ1) is 21.5. The maximum atomic E-state index is 13.5. The number of anilines is 1. The van der Waals surface area contributed by atoms with Crippen LogP contribution in [0, 0.1) is 13.8 Å². The van der Waals surface area contributed by atoms with Crippen LogP contribution in [0.25, 0.3) is 10.2 Å². The number of benzene rings is 3. The van der Waals surface area contributed by atoms with E-state index in [1.165, 1.54) is 23.5 Å². The lowest BCUT2D eigenvalue weighted by Gasteiger charge is -2.15. The van der Waals surface area contributed by atoms with Crippen LogP contribution in [0.3, 0.4) is 0 Å². The van der Waals surface area contributed by atoms with Gasteiger partial charge in [0.25, 0.3) is 5.91 Å². The Morgan fingerprint density at radius 2 is 1.66 bits per heavy atom. The number of thiazole rings is 1. The standard InChI is InChI=1S/C25H23N3O3S/c1-16-5-8-18(9-6-16)15-26-28(25-27-20-11-7-17(2)13-23(20)32-25)24(29)19-10-12-21(30-3)22(14-19)31-4/h5-15H,1-4H3/b26-15+. The fraction of sp³-hybridized carbons (Fsp3) is 0.160. The molecule has 0 aliphatic heterocycles. The minimum absolute atomic E-state index is 0.315. The zero-order valence-electron chi connectivity index (χ0n) is 18.3. The third-order valence-corrected chi connectivity index (χ3v) is 5.93. The highest BCUT2D eigenvalue weighted by atomic mass is 32.1. The van der Waals surface area contributed by atoms with Crippen LogP contribution in [0.4, 0.5) is 5.13 Å². The van der Waals surface area contributed by atoms with E-state index in [4.69, 9.17) is 9.47 Å². The van der Waals surface area contributed by atoms with Gasteiger partial charge in [0.05, 0.1) is 30.7 Å². The summed E-state index contributed by atoms with van der Waals surface area (Å²) in [5.41, 5.74) is 4.42. The number of amides is 1. The zero-order chi connectivity index (χ0) is 22.7. The van der Waals surface area contributed by atoms with Gasteiger partial charge in [0.2, 0.25) is 5.13 Å². The molecule has 6 nitrogen and oxygen atoms in total. The molecule has 1 amide bonds. The number of carbonyl (C=O) groups is 1. The van der Waals surface area contributed by atoms with Crippen molar-refractivity contribution in [3.8, 4) is 11.5 Å². The number of hydrogen-bond acceptors (Lipinski definition) is 6. The highest BCUT2D eigenvalue weighted by molar-refractivity contribution is 7.22. The van der Waals surface area contributed by atoms with Gasteiger partial charge < -0.3 is 9.47 Å². The molecule has 0 aliphatic rings. The molecule has 32 heavy (non-hydrogen) atoms. The summed E-state index contributed by atoms with van der Waals surface area (Å²) in [5, 5.41) is 6.35. The van der Waals surface area contributed by atoms with E-state index in [1.807, 2.05) is 50.2 Å². The van der Waals surface area contributed by atoms with Crippen LogP contribution in [0.5, 0.6) is 11.5 Å². The molecule has 0 atom stereocenters. The van der Waals surface area contributed by atoms with Crippen LogP contribution in [0.15, 0.2) is 65.8 Å². The molecule has 0 saturated heterocycles. The van der Waals surface area contributed by atoms with Crippen LogP contribution >= 0.6 is 11.3 Å². The summed E-state index contributed by atoms with van der Waals surface area (Å²) in [6.45, 7) is 4.05. The van der Waals surface area contributed by atoms with Gasteiger partial charge in [-0.1, -0.05) is 47.2 Å². The second-order valence-electron chi connectivity index (χ2n) is 7.31. The number of aromatic nitrogens is 1. The minimum atomic E-state index is -0.315. The first-order valence-electron chi connectivity index (χ1n) is 10.0. The van der Waals surface area contributed by atoms with Gasteiger partial charge in [0.1, 0.15) is 0 Å². The van der Waals surface area contributed by atoms with Crippen LogP contribution in [0.1, 0.15) is 27.0 Å². The SMILES string of the molecule is COc1ccc(C(=O)N(/N=C/c2ccc(C)cc2)c2nc3ccc(C)cc3s2)cc1OC. The normalized spacial score (nSPS) is 11.1. The van der Waals surface area contributed by atoms with Crippen molar-refractivity contribution in [2.24, 2.45) is 5.10 Å². The van der Waals surface area contributed by atoms with Gasteiger partial charge in [-0.3, -0.25) is 4.79 Å². The fourth-order valence-corrected chi connectivity index (χ4v) is 4.19. The van der Waals surface area contributed by atoms with E-state index >= 15 is 0 Å². The molecule has 1 aromatic heterocycles. The van der Waals surface area contributed by atoms with E-state index in [1.54, 1.807) is 31.5 Å². The van der Waals surface area contributed by atoms with Crippen LogP contribution in [-0.4, -0.2) is 31.3 Å². The average Bonchev–Trinajstić information content (AvgIpc) is 3.22. The molecule has 0 spiro atoms. The molecule has 162 valence electrons. The first-order valence-corrected chi connectivity index (χ1v) is 10.8. The Bertz CT molecular complexity index is 1300. The summed E-state index contributed by atoms with van der Waals surface area (Å²) in [4.78, 5) is 18.2. The number of fused-ring (bicyclic) bond motifs is 1. The molecule has 3 aromatic carbocycles. The molecule has 0 radical (unpaired) electrons. The van der Waals surface area contributed by atoms with Crippen LogP contribution in [0.2, 0.25) is 0 Å². The molecule has 4 rings (SSSR count). The predicted molar refractivity (Wildman–Crippen MR) is 129 cm³/mol. The summed E-state index contributed by atoms with van der Waals surface area (Å²) in [6.07, 6.45) is 1.66. The highest BCUT2D eigenvalue weighted by Gasteiger charge is 2.22. The highest BCUT2D eigenvalue weighted by Crippen LogP contribution is 2.32. The van der Waals surface area contributed by atoms with E-state index in [2.05, 4.69) is 16.2 Å². The number of carbonyl (C=O) groups excluding carboxylic acids is 1. The maximum Gasteiger partial charge on any atom is 0.280 e. The van der Waals surface area contributed by atoms with Crippen molar-refractivity contribution in [1.29, 1.82) is 0 Å². The second kappa shape index (κ2) is 9.20. The summed E-state index contributed by atoms with van der Waals surface area (Å²) >= 11 is 1.42. The summed E-state index contributed by atoms with van der Waals surface area (Å²) in [5.74, 6) is 0.708. The average molecular weight is 446 g/mol. The third-order valence-electron chi connectivity index (χ3n) is 4.94. The van der Waals surface area contributed by atoms with Crippen molar-refractivity contribution in [1.82, 2.24) is 4.98 Å². The van der Waals surface area contributed by atoms with Crippen molar-refractivity contribution in [2.45, 2.75) is 13.8 Å². The summed E-state index contributed by atoms with van der Waals surface area (Å²) in [6, 6.07) is 19.0. The van der Waals surface area contributed by atoms with E-state index in [9.17, 15) is 4.79 Å². The Labute approximate surface area is 190 Å². The van der Waals surface area contributed by atoms with Gasteiger partial charge in [0, 0.05) is 5.56 Å². The van der Waals surface area contributed by atoms with Gasteiger partial charge in [0.15, 0.2) is 11.5 Å². The Balaban J connectivity index is 1.77. The van der Waals surface area contributed by atoms with E-state index in [-0.39, 0.29) is 5.91 Å². The Morgan fingerprint density at radius 1 is 0.938 bits per heavy atom. The third kappa shape index (κ3) is 4.48.